The van der Waals surface area contributed by atoms with Gasteiger partial charge in [0.05, 0.1) is 17.7 Å². The minimum atomic E-state index is -1.45. The van der Waals surface area contributed by atoms with E-state index in [1.165, 1.54) is 12.1 Å². The summed E-state index contributed by atoms with van der Waals surface area (Å²) >= 11 is 0. The predicted octanol–water partition coefficient (Wildman–Crippen LogP) is 2.12. The highest BCUT2D eigenvalue weighted by Crippen LogP contribution is 2.23. The maximum absolute atomic E-state index is 13.1. The molecule has 110 valence electrons. The van der Waals surface area contributed by atoms with Gasteiger partial charge >= 0.3 is 0 Å². The van der Waals surface area contributed by atoms with Gasteiger partial charge in [0.2, 0.25) is 0 Å². The maximum Gasteiger partial charge on any atom is 0.258 e. The summed E-state index contributed by atoms with van der Waals surface area (Å²) in [5.74, 6) is -0.883. The lowest BCUT2D eigenvalue weighted by Gasteiger charge is -2.23. The second-order valence-electron chi connectivity index (χ2n) is 4.94. The molecule has 1 aromatic carbocycles. The standard InChI is InChI=1S/C15H15FN2O3/c1-2-5-15(8-16,9-17)21-7-10-3-4-11-12(6-10)14(20)18-13(11)19/h3-4,6H,2,5,7-8H2,1H3,(H,18,19,20). The number of ether oxygens (including phenoxy) is 1. The Kier molecular flexibility index (Phi) is 4.34. The van der Waals surface area contributed by atoms with E-state index in [2.05, 4.69) is 5.32 Å². The lowest BCUT2D eigenvalue weighted by molar-refractivity contribution is -0.0360. The first-order chi connectivity index (χ1) is 10.0. The van der Waals surface area contributed by atoms with Crippen LogP contribution >= 0.6 is 0 Å². The molecule has 2 rings (SSSR count). The Morgan fingerprint density at radius 1 is 1.33 bits per heavy atom. The molecule has 2 amide bonds. The van der Waals surface area contributed by atoms with Gasteiger partial charge in [-0.15, -0.1) is 0 Å². The number of alkyl halides is 1. The fourth-order valence-electron chi connectivity index (χ4n) is 2.23. The quantitative estimate of drug-likeness (QED) is 0.814. The number of hydrogen-bond donors (Lipinski definition) is 1. The monoisotopic (exact) mass is 290 g/mol. The first-order valence-corrected chi connectivity index (χ1v) is 6.65. The number of nitrogens with zero attached hydrogens (tertiary/aromatic N) is 1. The largest absolute Gasteiger partial charge is 0.353 e. The van der Waals surface area contributed by atoms with Gasteiger partial charge < -0.3 is 4.74 Å². The molecule has 0 aromatic heterocycles. The molecule has 1 aromatic rings. The van der Waals surface area contributed by atoms with E-state index in [0.29, 0.717) is 24.0 Å². The Labute approximate surface area is 121 Å². The first kappa shape index (κ1) is 15.1. The van der Waals surface area contributed by atoms with E-state index >= 15 is 0 Å². The van der Waals surface area contributed by atoms with Crippen LogP contribution in [-0.4, -0.2) is 24.1 Å². The van der Waals surface area contributed by atoms with Crippen molar-refractivity contribution in [1.82, 2.24) is 5.32 Å². The van der Waals surface area contributed by atoms with Crippen LogP contribution in [0.4, 0.5) is 4.39 Å². The van der Waals surface area contributed by atoms with Gasteiger partial charge in [-0.2, -0.15) is 5.26 Å². The Balaban J connectivity index is 2.15. The number of benzene rings is 1. The molecule has 0 saturated carbocycles. The lowest BCUT2D eigenvalue weighted by Crippen LogP contribution is -2.33. The van der Waals surface area contributed by atoms with Gasteiger partial charge in [0.1, 0.15) is 12.7 Å². The highest BCUT2D eigenvalue weighted by molar-refractivity contribution is 6.21. The van der Waals surface area contributed by atoms with Gasteiger partial charge in [-0.1, -0.05) is 19.4 Å². The SMILES string of the molecule is CCCC(C#N)(CF)OCc1ccc2c(c1)C(=O)NC2=O. The van der Waals surface area contributed by atoms with E-state index < -0.39 is 24.1 Å². The zero-order chi connectivity index (χ0) is 15.5. The summed E-state index contributed by atoms with van der Waals surface area (Å²) in [7, 11) is 0. The predicted molar refractivity (Wildman–Crippen MR) is 72.3 cm³/mol. The number of fused-ring (bicyclic) bond motifs is 1. The van der Waals surface area contributed by atoms with E-state index in [1.54, 1.807) is 6.07 Å². The molecule has 0 bridgehead atoms. The molecule has 0 fully saturated rings. The van der Waals surface area contributed by atoms with Crippen LogP contribution in [0, 0.1) is 11.3 Å². The fraction of sp³-hybridized carbons (Fsp3) is 0.400. The summed E-state index contributed by atoms with van der Waals surface area (Å²) in [4.78, 5) is 23.0. The van der Waals surface area contributed by atoms with Crippen LogP contribution in [-0.2, 0) is 11.3 Å². The number of imide groups is 1. The molecule has 0 aliphatic carbocycles. The average molecular weight is 290 g/mol. The van der Waals surface area contributed by atoms with Crippen LogP contribution in [0.25, 0.3) is 0 Å². The third-order valence-electron chi connectivity index (χ3n) is 3.39. The molecule has 0 radical (unpaired) electrons. The molecule has 0 saturated heterocycles. The smallest absolute Gasteiger partial charge is 0.258 e. The Bertz CT molecular complexity index is 624. The Hall–Kier alpha value is -2.26. The van der Waals surface area contributed by atoms with Gasteiger partial charge in [-0.25, -0.2) is 4.39 Å². The van der Waals surface area contributed by atoms with Crippen molar-refractivity contribution < 1.29 is 18.7 Å². The molecular formula is C15H15FN2O3. The molecule has 6 heteroatoms. The number of nitriles is 1. The van der Waals surface area contributed by atoms with Crippen LogP contribution in [0.2, 0.25) is 0 Å². The van der Waals surface area contributed by atoms with E-state index in [1.807, 2.05) is 13.0 Å². The molecule has 1 heterocycles. The number of hydrogen-bond acceptors (Lipinski definition) is 4. The van der Waals surface area contributed by atoms with Gasteiger partial charge in [0, 0.05) is 0 Å². The topological polar surface area (TPSA) is 79.2 Å². The molecule has 1 N–H and O–H groups in total. The number of amides is 2. The molecular weight excluding hydrogens is 275 g/mol. The average Bonchev–Trinajstić information content (AvgIpc) is 2.78. The van der Waals surface area contributed by atoms with Crippen molar-refractivity contribution >= 4 is 11.8 Å². The minimum absolute atomic E-state index is 0.00618. The van der Waals surface area contributed by atoms with E-state index in [-0.39, 0.29) is 12.2 Å². The van der Waals surface area contributed by atoms with E-state index in [0.717, 1.165) is 0 Å². The zero-order valence-corrected chi connectivity index (χ0v) is 11.6. The second-order valence-corrected chi connectivity index (χ2v) is 4.94. The molecule has 5 nitrogen and oxygen atoms in total. The Morgan fingerprint density at radius 3 is 2.67 bits per heavy atom. The summed E-state index contributed by atoms with van der Waals surface area (Å²) in [5, 5.41) is 11.3. The number of halogens is 1. The number of carbonyl (C=O) groups is 2. The van der Waals surface area contributed by atoms with Crippen molar-refractivity contribution in [3.63, 3.8) is 0 Å². The highest BCUT2D eigenvalue weighted by atomic mass is 19.1. The number of carbonyl (C=O) groups excluding carboxylic acids is 2. The molecule has 1 atom stereocenters. The molecule has 1 aliphatic rings. The van der Waals surface area contributed by atoms with Crippen LogP contribution in [0.3, 0.4) is 0 Å². The number of nitrogens with one attached hydrogen (secondary N) is 1. The zero-order valence-electron chi connectivity index (χ0n) is 11.6. The lowest BCUT2D eigenvalue weighted by atomic mass is 10.0. The highest BCUT2D eigenvalue weighted by Gasteiger charge is 2.31. The van der Waals surface area contributed by atoms with Crippen molar-refractivity contribution in [3.8, 4) is 6.07 Å². The van der Waals surface area contributed by atoms with Crippen LogP contribution in [0.15, 0.2) is 18.2 Å². The van der Waals surface area contributed by atoms with Gasteiger partial charge in [-0.3, -0.25) is 14.9 Å². The maximum atomic E-state index is 13.1. The van der Waals surface area contributed by atoms with Crippen molar-refractivity contribution in [2.45, 2.75) is 32.0 Å². The van der Waals surface area contributed by atoms with Gasteiger partial charge in [-0.05, 0) is 24.1 Å². The van der Waals surface area contributed by atoms with Gasteiger partial charge in [0.25, 0.3) is 11.8 Å². The van der Waals surface area contributed by atoms with Crippen molar-refractivity contribution in [2.75, 3.05) is 6.67 Å². The van der Waals surface area contributed by atoms with Crippen LogP contribution < -0.4 is 5.32 Å². The molecule has 21 heavy (non-hydrogen) atoms. The van der Waals surface area contributed by atoms with E-state index in [9.17, 15) is 14.0 Å². The minimum Gasteiger partial charge on any atom is -0.353 e. The second kappa shape index (κ2) is 6.02. The third-order valence-corrected chi connectivity index (χ3v) is 3.39. The normalized spacial score (nSPS) is 16.0. The summed E-state index contributed by atoms with van der Waals surface area (Å²) in [6.45, 7) is 0.962. The van der Waals surface area contributed by atoms with Crippen molar-refractivity contribution in [2.24, 2.45) is 0 Å². The van der Waals surface area contributed by atoms with Crippen molar-refractivity contribution in [3.05, 3.63) is 34.9 Å². The fourth-order valence-corrected chi connectivity index (χ4v) is 2.23. The summed E-state index contributed by atoms with van der Waals surface area (Å²) in [6, 6.07) is 6.56. The van der Waals surface area contributed by atoms with E-state index in [4.69, 9.17) is 10.00 Å². The molecule has 1 aliphatic heterocycles. The Morgan fingerprint density at radius 2 is 2.05 bits per heavy atom. The number of rotatable bonds is 6. The molecule has 1 unspecified atom stereocenters. The summed E-state index contributed by atoms with van der Waals surface area (Å²) < 4.78 is 18.5. The van der Waals surface area contributed by atoms with Crippen molar-refractivity contribution in [1.29, 1.82) is 5.26 Å². The molecule has 0 spiro atoms. The first-order valence-electron chi connectivity index (χ1n) is 6.65. The van der Waals surface area contributed by atoms with Crippen LogP contribution in [0.5, 0.6) is 0 Å². The van der Waals surface area contributed by atoms with Crippen LogP contribution in [0.1, 0.15) is 46.0 Å². The van der Waals surface area contributed by atoms with Gasteiger partial charge in [0.15, 0.2) is 5.60 Å². The third kappa shape index (κ3) is 2.93. The summed E-state index contributed by atoms with van der Waals surface area (Å²) in [6.07, 6.45) is 0.919. The summed E-state index contributed by atoms with van der Waals surface area (Å²) in [5.41, 5.74) is -0.247.